The molecule has 3 aromatic rings. The van der Waals surface area contributed by atoms with E-state index >= 15 is 0 Å². The highest BCUT2D eigenvalue weighted by atomic mass is 16.7. The molecule has 0 aliphatic heterocycles. The molecule has 188 valence electrons. The van der Waals surface area contributed by atoms with Gasteiger partial charge in [0.2, 0.25) is 0 Å². The van der Waals surface area contributed by atoms with Gasteiger partial charge in [0.05, 0.1) is 26.8 Å². The lowest BCUT2D eigenvalue weighted by Gasteiger charge is -2.32. The minimum absolute atomic E-state index is 0.0616. The molecule has 0 spiro atoms. The lowest BCUT2D eigenvalue weighted by Crippen LogP contribution is -2.34. The maximum atomic E-state index is 11.9. The van der Waals surface area contributed by atoms with Crippen molar-refractivity contribution in [3.8, 4) is 17.2 Å². The number of ketones is 1. The van der Waals surface area contributed by atoms with Crippen molar-refractivity contribution in [3.05, 3.63) is 89.0 Å². The molecular formula is C27H27NO8. The van der Waals surface area contributed by atoms with Crippen molar-refractivity contribution in [2.24, 2.45) is 0 Å². The Labute approximate surface area is 208 Å². The predicted molar refractivity (Wildman–Crippen MR) is 131 cm³/mol. The maximum Gasteiger partial charge on any atom is 0.511 e. The zero-order valence-electron chi connectivity index (χ0n) is 20.1. The zero-order chi connectivity index (χ0) is 26.2. The number of nitrogens with zero attached hydrogens (tertiary/aromatic N) is 1. The van der Waals surface area contributed by atoms with Crippen LogP contribution in [-0.4, -0.2) is 53.8 Å². The van der Waals surface area contributed by atoms with E-state index in [0.717, 1.165) is 5.56 Å². The van der Waals surface area contributed by atoms with Gasteiger partial charge in [-0.1, -0.05) is 36.4 Å². The van der Waals surface area contributed by atoms with E-state index < -0.39 is 18.2 Å². The molecule has 1 unspecified atom stereocenters. The first-order chi connectivity index (χ1) is 17.2. The summed E-state index contributed by atoms with van der Waals surface area (Å²) in [5.74, 6) is 0.111. The van der Waals surface area contributed by atoms with Crippen LogP contribution >= 0.6 is 0 Å². The van der Waals surface area contributed by atoms with E-state index in [1.54, 1.807) is 59.5 Å². The van der Waals surface area contributed by atoms with Gasteiger partial charge in [0, 0.05) is 23.7 Å². The Bertz CT molecular complexity index is 1220. The van der Waals surface area contributed by atoms with Crippen LogP contribution in [0.2, 0.25) is 0 Å². The summed E-state index contributed by atoms with van der Waals surface area (Å²) >= 11 is 0. The normalized spacial score (nSPS) is 11.6. The quantitative estimate of drug-likeness (QED) is 0.223. The Balaban J connectivity index is 2.11. The van der Waals surface area contributed by atoms with Crippen molar-refractivity contribution in [2.75, 3.05) is 20.8 Å². The summed E-state index contributed by atoms with van der Waals surface area (Å²) in [5, 5.41) is 18.7. The molecule has 0 aromatic heterocycles. The maximum absolute atomic E-state index is 11.9. The molecule has 9 nitrogen and oxygen atoms in total. The van der Waals surface area contributed by atoms with Crippen molar-refractivity contribution < 1.29 is 38.8 Å². The van der Waals surface area contributed by atoms with Crippen LogP contribution in [0.25, 0.3) is 0 Å². The molecule has 3 rings (SSSR count). The molecule has 0 aliphatic rings. The number of carboxylic acid groups (broad SMARTS) is 2. The number of ether oxygens (including phenoxy) is 3. The number of rotatable bonds is 11. The summed E-state index contributed by atoms with van der Waals surface area (Å²) in [4.78, 5) is 36.2. The minimum atomic E-state index is -1.43. The summed E-state index contributed by atoms with van der Waals surface area (Å²) in [6, 6.07) is 18.1. The van der Waals surface area contributed by atoms with Gasteiger partial charge in [0.15, 0.2) is 5.78 Å². The molecule has 3 aromatic carbocycles. The van der Waals surface area contributed by atoms with Gasteiger partial charge in [-0.15, -0.1) is 0 Å². The zero-order valence-corrected chi connectivity index (χ0v) is 20.1. The van der Waals surface area contributed by atoms with E-state index in [9.17, 15) is 19.5 Å². The van der Waals surface area contributed by atoms with Gasteiger partial charge >= 0.3 is 12.1 Å². The van der Waals surface area contributed by atoms with Crippen LogP contribution in [0.15, 0.2) is 66.7 Å². The molecule has 0 radical (unpaired) electrons. The number of aliphatic carboxylic acids is 1. The van der Waals surface area contributed by atoms with E-state index in [0.29, 0.717) is 28.2 Å². The highest BCUT2D eigenvalue weighted by Crippen LogP contribution is 2.38. The van der Waals surface area contributed by atoms with E-state index in [1.807, 2.05) is 0 Å². The first-order valence-corrected chi connectivity index (χ1v) is 11.0. The Morgan fingerprint density at radius 1 is 0.861 bits per heavy atom. The van der Waals surface area contributed by atoms with E-state index in [4.69, 9.17) is 19.3 Å². The number of Topliss-reactive ketones (excluding diaryl/α,β-unsaturated/α-hetero) is 1. The molecule has 0 heterocycles. The van der Waals surface area contributed by atoms with Gasteiger partial charge < -0.3 is 24.4 Å². The van der Waals surface area contributed by atoms with Crippen LogP contribution in [0.3, 0.4) is 0 Å². The Hall–Kier alpha value is -4.37. The molecular weight excluding hydrogens is 466 g/mol. The Morgan fingerprint density at radius 2 is 1.50 bits per heavy atom. The average Bonchev–Trinajstić information content (AvgIpc) is 2.85. The van der Waals surface area contributed by atoms with E-state index in [1.165, 1.54) is 33.3 Å². The molecule has 0 saturated carbocycles. The van der Waals surface area contributed by atoms with Crippen molar-refractivity contribution in [2.45, 2.75) is 19.5 Å². The molecule has 0 amide bonds. The van der Waals surface area contributed by atoms with Crippen molar-refractivity contribution >= 4 is 17.9 Å². The molecule has 0 fully saturated rings. The third-order valence-corrected chi connectivity index (χ3v) is 5.59. The highest BCUT2D eigenvalue weighted by molar-refractivity contribution is 5.94. The molecule has 1 atom stereocenters. The third-order valence-electron chi connectivity index (χ3n) is 5.59. The number of methoxy groups -OCH3 is 2. The first kappa shape index (κ1) is 26.2. The van der Waals surface area contributed by atoms with Crippen LogP contribution in [-0.2, 0) is 11.3 Å². The molecule has 2 N–H and O–H groups in total. The Morgan fingerprint density at radius 3 is 2.03 bits per heavy atom. The molecule has 0 bridgehead atoms. The van der Waals surface area contributed by atoms with Gasteiger partial charge in [-0.05, 0) is 42.3 Å². The van der Waals surface area contributed by atoms with Gasteiger partial charge in [-0.25, -0.2) is 4.79 Å². The first-order valence-electron chi connectivity index (χ1n) is 11.0. The molecule has 9 heteroatoms. The summed E-state index contributed by atoms with van der Waals surface area (Å²) in [6.45, 7) is 1.43. The van der Waals surface area contributed by atoms with Gasteiger partial charge in [0.25, 0.3) is 0 Å². The van der Waals surface area contributed by atoms with Crippen LogP contribution in [0, 0.1) is 0 Å². The predicted octanol–water partition coefficient (Wildman–Crippen LogP) is 4.64. The van der Waals surface area contributed by atoms with Crippen molar-refractivity contribution in [3.63, 3.8) is 0 Å². The standard InChI is InChI=1S/C27H27NO8/c1-17(29)19-6-4-18(5-7-19)15-28(16-25(30)31)26(20-8-10-21(11-9-20)36-27(32)33)23-13-12-22(34-2)14-24(23)35-3/h4-14,26H,15-16H2,1-3H3,(H,30,31)(H,32,33). The number of carbonyl (C=O) groups excluding carboxylic acids is 1. The molecule has 0 saturated heterocycles. The van der Waals surface area contributed by atoms with Gasteiger partial charge in [-0.2, -0.15) is 0 Å². The Kier molecular flexibility index (Phi) is 8.64. The fourth-order valence-corrected chi connectivity index (χ4v) is 3.94. The number of benzene rings is 3. The van der Waals surface area contributed by atoms with E-state index in [-0.39, 0.29) is 24.6 Å². The SMILES string of the molecule is COc1ccc(C(c2ccc(OC(=O)O)cc2)N(CC(=O)O)Cc2ccc(C(C)=O)cc2)c(OC)c1. The summed E-state index contributed by atoms with van der Waals surface area (Å²) in [6.07, 6.45) is -1.43. The lowest BCUT2D eigenvalue weighted by molar-refractivity contribution is -0.138. The second-order valence-corrected chi connectivity index (χ2v) is 8.00. The second kappa shape index (κ2) is 11.9. The number of carboxylic acids is 1. The number of hydrogen-bond donors (Lipinski definition) is 2. The largest absolute Gasteiger partial charge is 0.511 e. The fourth-order valence-electron chi connectivity index (χ4n) is 3.94. The van der Waals surface area contributed by atoms with Gasteiger partial charge in [0.1, 0.15) is 17.2 Å². The molecule has 0 aliphatic carbocycles. The van der Waals surface area contributed by atoms with Crippen LogP contribution in [0.4, 0.5) is 4.79 Å². The van der Waals surface area contributed by atoms with Gasteiger partial charge in [-0.3, -0.25) is 14.5 Å². The number of carbonyl (C=O) groups is 3. The van der Waals surface area contributed by atoms with Crippen LogP contribution in [0.5, 0.6) is 17.2 Å². The fraction of sp³-hybridized carbons (Fsp3) is 0.222. The van der Waals surface area contributed by atoms with Crippen LogP contribution < -0.4 is 14.2 Å². The van der Waals surface area contributed by atoms with Crippen molar-refractivity contribution in [1.29, 1.82) is 0 Å². The summed E-state index contributed by atoms with van der Waals surface area (Å²) < 4.78 is 15.7. The van der Waals surface area contributed by atoms with Crippen molar-refractivity contribution in [1.82, 2.24) is 4.90 Å². The average molecular weight is 494 g/mol. The summed E-state index contributed by atoms with van der Waals surface area (Å²) in [7, 11) is 3.05. The topological polar surface area (TPSA) is 123 Å². The smallest absolute Gasteiger partial charge is 0.497 e. The highest BCUT2D eigenvalue weighted by Gasteiger charge is 2.28. The minimum Gasteiger partial charge on any atom is -0.497 e. The third kappa shape index (κ3) is 6.61. The lowest BCUT2D eigenvalue weighted by atomic mass is 9.95. The summed E-state index contributed by atoms with van der Waals surface area (Å²) in [5.41, 5.74) is 2.75. The second-order valence-electron chi connectivity index (χ2n) is 8.00. The molecule has 36 heavy (non-hydrogen) atoms. The van der Waals surface area contributed by atoms with Crippen LogP contribution in [0.1, 0.15) is 40.0 Å². The monoisotopic (exact) mass is 493 g/mol. The van der Waals surface area contributed by atoms with E-state index in [2.05, 4.69) is 0 Å². The number of hydrogen-bond acceptors (Lipinski definition) is 7.